The molecule has 4 rings (SSSR count). The maximum Gasteiger partial charge on any atom is 0.300 e. The molecule has 6 nitrogen and oxygen atoms in total. The third-order valence-corrected chi connectivity index (χ3v) is 6.25. The average Bonchev–Trinajstić information content (AvgIpc) is 3.06. The topological polar surface area (TPSA) is 79.7 Å². The van der Waals surface area contributed by atoms with Gasteiger partial charge in [0.05, 0.1) is 29.3 Å². The Kier molecular flexibility index (Phi) is 6.34. The first kappa shape index (κ1) is 23.1. The van der Waals surface area contributed by atoms with Gasteiger partial charge in [0.25, 0.3) is 11.7 Å². The predicted octanol–water partition coefficient (Wildman–Crippen LogP) is 5.99. The first-order chi connectivity index (χ1) is 15.7. The monoisotopic (exact) mass is 502 g/mol. The van der Waals surface area contributed by atoms with Crippen LogP contribution in [0.25, 0.3) is 5.76 Å². The van der Waals surface area contributed by atoms with Crippen LogP contribution in [0, 0.1) is 6.92 Å². The van der Waals surface area contributed by atoms with Crippen molar-refractivity contribution in [2.75, 3.05) is 12.0 Å². The molecule has 0 radical (unpaired) electrons. The van der Waals surface area contributed by atoms with E-state index in [4.69, 9.17) is 39.5 Å². The Hall–Kier alpha value is -3.06. The van der Waals surface area contributed by atoms with Crippen molar-refractivity contribution in [1.29, 1.82) is 0 Å². The molecule has 1 saturated heterocycles. The lowest BCUT2D eigenvalue weighted by atomic mass is 9.95. The van der Waals surface area contributed by atoms with E-state index in [9.17, 15) is 14.7 Å². The van der Waals surface area contributed by atoms with Crippen molar-refractivity contribution in [3.63, 3.8) is 0 Å². The Morgan fingerprint density at radius 3 is 2.48 bits per heavy atom. The second-order valence-electron chi connectivity index (χ2n) is 7.36. The van der Waals surface area contributed by atoms with Gasteiger partial charge in [-0.25, -0.2) is 0 Å². The van der Waals surface area contributed by atoms with Gasteiger partial charge in [-0.3, -0.25) is 19.5 Å². The van der Waals surface area contributed by atoms with E-state index < -0.39 is 23.5 Å². The number of halogens is 3. The minimum absolute atomic E-state index is 0.0869. The Morgan fingerprint density at radius 1 is 1.09 bits per heavy atom. The lowest BCUT2D eigenvalue weighted by molar-refractivity contribution is -0.132. The summed E-state index contributed by atoms with van der Waals surface area (Å²) in [7, 11) is 1.37. The van der Waals surface area contributed by atoms with Gasteiger partial charge in [0, 0.05) is 28.1 Å². The molecule has 1 unspecified atom stereocenters. The summed E-state index contributed by atoms with van der Waals surface area (Å²) in [6, 6.07) is 10.3. The van der Waals surface area contributed by atoms with E-state index >= 15 is 0 Å². The summed E-state index contributed by atoms with van der Waals surface area (Å²) in [5.74, 6) is -2.05. The van der Waals surface area contributed by atoms with Crippen molar-refractivity contribution < 1.29 is 19.4 Å². The van der Waals surface area contributed by atoms with Crippen LogP contribution in [0.5, 0.6) is 5.75 Å². The average molecular weight is 504 g/mol. The minimum atomic E-state index is -0.972. The van der Waals surface area contributed by atoms with Crippen molar-refractivity contribution >= 4 is 57.9 Å². The number of hydrogen-bond acceptors (Lipinski definition) is 5. The van der Waals surface area contributed by atoms with Gasteiger partial charge in [0.2, 0.25) is 0 Å². The van der Waals surface area contributed by atoms with Crippen LogP contribution in [0.2, 0.25) is 15.1 Å². The molecule has 168 valence electrons. The lowest BCUT2D eigenvalue weighted by Crippen LogP contribution is -2.29. The summed E-state index contributed by atoms with van der Waals surface area (Å²) in [6.07, 6.45) is 3.09. The number of aliphatic hydroxyl groups excluding tert-OH is 1. The number of Topliss-reactive ketones (excluding diaryl/α,β-unsaturated/α-hetero) is 1. The molecule has 1 aliphatic heterocycles. The Labute approximate surface area is 205 Å². The highest BCUT2D eigenvalue weighted by molar-refractivity contribution is 6.52. The van der Waals surface area contributed by atoms with Crippen LogP contribution in [0.15, 0.2) is 60.4 Å². The highest BCUT2D eigenvalue weighted by Crippen LogP contribution is 2.45. The second kappa shape index (κ2) is 9.06. The van der Waals surface area contributed by atoms with Crippen LogP contribution in [0.1, 0.15) is 22.7 Å². The third kappa shape index (κ3) is 4.06. The fourth-order valence-corrected chi connectivity index (χ4v) is 4.52. The molecule has 2 heterocycles. The smallest absolute Gasteiger partial charge is 0.300 e. The number of aliphatic hydroxyl groups is 1. The number of amides is 1. The van der Waals surface area contributed by atoms with E-state index in [1.165, 1.54) is 30.3 Å². The fraction of sp³-hybridized carbons (Fsp3) is 0.125. The maximum atomic E-state index is 13.2. The second-order valence-corrected chi connectivity index (χ2v) is 8.61. The molecular weight excluding hydrogens is 487 g/mol. The lowest BCUT2D eigenvalue weighted by Gasteiger charge is -2.25. The van der Waals surface area contributed by atoms with Gasteiger partial charge >= 0.3 is 0 Å². The molecule has 1 amide bonds. The zero-order valence-electron chi connectivity index (χ0n) is 17.5. The van der Waals surface area contributed by atoms with Crippen LogP contribution >= 0.6 is 34.8 Å². The summed E-state index contributed by atoms with van der Waals surface area (Å²) >= 11 is 18.7. The molecule has 1 N–H and O–H groups in total. The van der Waals surface area contributed by atoms with Crippen LogP contribution in [0.3, 0.4) is 0 Å². The Balaban J connectivity index is 2.00. The summed E-state index contributed by atoms with van der Waals surface area (Å²) in [6.45, 7) is 1.83. The zero-order valence-corrected chi connectivity index (χ0v) is 19.7. The molecule has 1 aliphatic rings. The highest BCUT2D eigenvalue weighted by atomic mass is 35.5. The predicted molar refractivity (Wildman–Crippen MR) is 128 cm³/mol. The van der Waals surface area contributed by atoms with Gasteiger partial charge in [-0.05, 0) is 48.4 Å². The van der Waals surface area contributed by atoms with E-state index in [1.54, 1.807) is 36.5 Å². The number of hydrogen-bond donors (Lipinski definition) is 1. The van der Waals surface area contributed by atoms with Crippen molar-refractivity contribution in [3.05, 3.63) is 92.2 Å². The number of nitrogens with zero attached hydrogens (tertiary/aromatic N) is 2. The quantitative estimate of drug-likeness (QED) is 0.269. The SMILES string of the molecule is COc1c(Cl)cc(Cl)cc1/C(O)=C1\C(=O)C(=O)N(c2ccc(C)c(Cl)c2)C1c1cccnc1. The summed E-state index contributed by atoms with van der Waals surface area (Å²) in [5, 5.41) is 12.1. The number of aryl methyl sites for hydroxylation is 1. The summed E-state index contributed by atoms with van der Waals surface area (Å²) < 4.78 is 5.33. The molecule has 9 heteroatoms. The third-order valence-electron chi connectivity index (χ3n) is 5.35. The van der Waals surface area contributed by atoms with Gasteiger partial charge in [-0.2, -0.15) is 0 Å². The number of anilines is 1. The number of carbonyl (C=O) groups is 2. The molecule has 0 saturated carbocycles. The maximum absolute atomic E-state index is 13.2. The zero-order chi connectivity index (χ0) is 23.9. The molecular formula is C24H17Cl3N2O4. The van der Waals surface area contributed by atoms with Gasteiger partial charge in [-0.1, -0.05) is 46.9 Å². The molecule has 0 spiro atoms. The number of ketones is 1. The number of pyridine rings is 1. The first-order valence-corrected chi connectivity index (χ1v) is 10.9. The van der Waals surface area contributed by atoms with Crippen molar-refractivity contribution in [2.45, 2.75) is 13.0 Å². The molecule has 1 fully saturated rings. The van der Waals surface area contributed by atoms with E-state index in [-0.39, 0.29) is 26.9 Å². The Morgan fingerprint density at radius 2 is 1.85 bits per heavy atom. The molecule has 1 atom stereocenters. The molecule has 33 heavy (non-hydrogen) atoms. The largest absolute Gasteiger partial charge is 0.507 e. The van der Waals surface area contributed by atoms with Gasteiger partial charge in [0.15, 0.2) is 0 Å². The standard InChI is InChI=1S/C24H17Cl3N2O4/c1-12-5-6-15(10-17(12)26)29-20(13-4-3-7-28-11-13)19(22(31)24(29)32)21(30)16-8-14(25)9-18(27)23(16)33-2/h3-11,20,30H,1-2H3/b21-19+. The number of aromatic nitrogens is 1. The van der Waals surface area contributed by atoms with Gasteiger partial charge in [0.1, 0.15) is 11.5 Å². The Bertz CT molecular complexity index is 1310. The van der Waals surface area contributed by atoms with Crippen molar-refractivity contribution in [2.24, 2.45) is 0 Å². The van der Waals surface area contributed by atoms with E-state index in [1.807, 2.05) is 6.92 Å². The number of methoxy groups -OCH3 is 1. The normalized spacial score (nSPS) is 17.5. The summed E-state index contributed by atoms with van der Waals surface area (Å²) in [4.78, 5) is 31.9. The molecule has 0 bridgehead atoms. The molecule has 3 aromatic rings. The van der Waals surface area contributed by atoms with Gasteiger partial charge < -0.3 is 9.84 Å². The number of benzene rings is 2. The van der Waals surface area contributed by atoms with Crippen LogP contribution < -0.4 is 9.64 Å². The van der Waals surface area contributed by atoms with Crippen molar-refractivity contribution in [1.82, 2.24) is 4.98 Å². The minimum Gasteiger partial charge on any atom is -0.507 e. The summed E-state index contributed by atoms with van der Waals surface area (Å²) in [5.41, 5.74) is 1.66. The fourth-order valence-electron chi connectivity index (χ4n) is 3.77. The molecule has 2 aromatic carbocycles. The molecule has 0 aliphatic carbocycles. The number of carbonyl (C=O) groups excluding carboxylic acids is 2. The van der Waals surface area contributed by atoms with E-state index in [0.29, 0.717) is 16.3 Å². The van der Waals surface area contributed by atoms with Crippen molar-refractivity contribution in [3.8, 4) is 5.75 Å². The van der Waals surface area contributed by atoms with Crippen LogP contribution in [-0.4, -0.2) is 28.9 Å². The first-order valence-electron chi connectivity index (χ1n) is 9.75. The van der Waals surface area contributed by atoms with Gasteiger partial charge in [-0.15, -0.1) is 0 Å². The van der Waals surface area contributed by atoms with E-state index in [0.717, 1.165) is 5.56 Å². The van der Waals surface area contributed by atoms with E-state index in [2.05, 4.69) is 4.98 Å². The molecule has 1 aromatic heterocycles. The number of ether oxygens (including phenoxy) is 1. The number of rotatable bonds is 4. The highest BCUT2D eigenvalue weighted by Gasteiger charge is 2.47. The van der Waals surface area contributed by atoms with Crippen LogP contribution in [0.4, 0.5) is 5.69 Å². The van der Waals surface area contributed by atoms with Crippen LogP contribution in [-0.2, 0) is 9.59 Å².